The number of benzene rings is 1. The zero-order valence-corrected chi connectivity index (χ0v) is 11.4. The summed E-state index contributed by atoms with van der Waals surface area (Å²) < 4.78 is 13.2. The first-order valence-corrected chi connectivity index (χ1v) is 6.53. The van der Waals surface area contributed by atoms with Crippen molar-refractivity contribution in [2.75, 3.05) is 26.7 Å². The van der Waals surface area contributed by atoms with Gasteiger partial charge in [-0.05, 0) is 24.1 Å². The average Bonchev–Trinajstić information content (AvgIpc) is 2.43. The standard InChI is InChI=1S/C14H20FN3O/c1-10-7-11(3-4-12(10)15)9-18-6-5-17-8-13(18)14(19)16-2/h3-4,7,13,17H,5-6,8-9H2,1-2H3,(H,16,19). The molecule has 0 bridgehead atoms. The first kappa shape index (κ1) is 14.0. The van der Waals surface area contributed by atoms with E-state index in [0.717, 1.165) is 18.7 Å². The molecule has 19 heavy (non-hydrogen) atoms. The lowest BCUT2D eigenvalue weighted by atomic mass is 10.1. The molecule has 0 saturated carbocycles. The Morgan fingerprint density at radius 1 is 1.58 bits per heavy atom. The quantitative estimate of drug-likeness (QED) is 0.843. The van der Waals surface area contributed by atoms with Crippen LogP contribution in [0.3, 0.4) is 0 Å². The molecular formula is C14H20FN3O. The second kappa shape index (κ2) is 6.12. The smallest absolute Gasteiger partial charge is 0.238 e. The van der Waals surface area contributed by atoms with Crippen LogP contribution in [0.2, 0.25) is 0 Å². The molecule has 1 aromatic carbocycles. The summed E-state index contributed by atoms with van der Waals surface area (Å²) in [5.74, 6) is -0.169. The third-order valence-electron chi connectivity index (χ3n) is 3.51. The van der Waals surface area contributed by atoms with Crippen molar-refractivity contribution in [1.29, 1.82) is 0 Å². The minimum atomic E-state index is -0.188. The lowest BCUT2D eigenvalue weighted by Crippen LogP contribution is -2.56. The summed E-state index contributed by atoms with van der Waals surface area (Å²) in [5, 5.41) is 5.91. The van der Waals surface area contributed by atoms with Gasteiger partial charge >= 0.3 is 0 Å². The summed E-state index contributed by atoms with van der Waals surface area (Å²) in [6.07, 6.45) is 0. The summed E-state index contributed by atoms with van der Waals surface area (Å²) in [6, 6.07) is 4.95. The van der Waals surface area contributed by atoms with Gasteiger partial charge in [0, 0.05) is 33.2 Å². The monoisotopic (exact) mass is 265 g/mol. The van der Waals surface area contributed by atoms with Crippen LogP contribution in [-0.4, -0.2) is 43.5 Å². The number of likely N-dealkylation sites (N-methyl/N-ethyl adjacent to an activating group) is 1. The second-order valence-electron chi connectivity index (χ2n) is 4.89. The van der Waals surface area contributed by atoms with Crippen LogP contribution in [-0.2, 0) is 11.3 Å². The lowest BCUT2D eigenvalue weighted by Gasteiger charge is -2.34. The van der Waals surface area contributed by atoms with E-state index in [4.69, 9.17) is 0 Å². The predicted octanol–water partition coefficient (Wildman–Crippen LogP) is 0.654. The summed E-state index contributed by atoms with van der Waals surface area (Å²) >= 11 is 0. The molecule has 1 heterocycles. The number of halogens is 1. The minimum absolute atomic E-state index is 0.0195. The number of hydrogen-bond donors (Lipinski definition) is 2. The number of hydrogen-bond acceptors (Lipinski definition) is 3. The Hall–Kier alpha value is -1.46. The SMILES string of the molecule is CNC(=O)C1CNCCN1Cc1ccc(F)c(C)c1. The van der Waals surface area contributed by atoms with Gasteiger partial charge in [0.15, 0.2) is 0 Å². The third kappa shape index (κ3) is 3.30. The second-order valence-corrected chi connectivity index (χ2v) is 4.89. The van der Waals surface area contributed by atoms with Crippen LogP contribution in [0, 0.1) is 12.7 Å². The zero-order chi connectivity index (χ0) is 13.8. The van der Waals surface area contributed by atoms with Gasteiger partial charge in [0.2, 0.25) is 5.91 Å². The van der Waals surface area contributed by atoms with E-state index in [0.29, 0.717) is 18.7 Å². The van der Waals surface area contributed by atoms with Crippen molar-refractivity contribution in [2.24, 2.45) is 0 Å². The van der Waals surface area contributed by atoms with Gasteiger partial charge in [-0.1, -0.05) is 12.1 Å². The molecule has 2 N–H and O–H groups in total. The van der Waals surface area contributed by atoms with Gasteiger partial charge in [-0.25, -0.2) is 4.39 Å². The van der Waals surface area contributed by atoms with Crippen LogP contribution >= 0.6 is 0 Å². The Balaban J connectivity index is 2.10. The number of carbonyl (C=O) groups excluding carboxylic acids is 1. The van der Waals surface area contributed by atoms with Gasteiger partial charge in [0.1, 0.15) is 11.9 Å². The summed E-state index contributed by atoms with van der Waals surface area (Å²) in [7, 11) is 1.65. The molecule has 1 unspecified atom stereocenters. The average molecular weight is 265 g/mol. The van der Waals surface area contributed by atoms with Gasteiger partial charge in [-0.15, -0.1) is 0 Å². The number of amides is 1. The van der Waals surface area contributed by atoms with Gasteiger partial charge in [0.05, 0.1) is 0 Å². The summed E-state index contributed by atoms with van der Waals surface area (Å²) in [4.78, 5) is 14.0. The van der Waals surface area contributed by atoms with E-state index in [1.807, 2.05) is 6.07 Å². The minimum Gasteiger partial charge on any atom is -0.358 e. The van der Waals surface area contributed by atoms with E-state index in [2.05, 4.69) is 15.5 Å². The highest BCUT2D eigenvalue weighted by atomic mass is 19.1. The van der Waals surface area contributed by atoms with Gasteiger partial charge < -0.3 is 10.6 Å². The maximum Gasteiger partial charge on any atom is 0.238 e. The van der Waals surface area contributed by atoms with Crippen molar-refractivity contribution in [3.05, 3.63) is 35.1 Å². The first-order valence-electron chi connectivity index (χ1n) is 6.53. The van der Waals surface area contributed by atoms with Gasteiger partial charge in [0.25, 0.3) is 0 Å². The van der Waals surface area contributed by atoms with Gasteiger partial charge in [-0.3, -0.25) is 9.69 Å². The van der Waals surface area contributed by atoms with Crippen LogP contribution in [0.5, 0.6) is 0 Å². The molecule has 1 amide bonds. The molecule has 5 heteroatoms. The highest BCUT2D eigenvalue weighted by Gasteiger charge is 2.27. The van der Waals surface area contributed by atoms with Crippen LogP contribution < -0.4 is 10.6 Å². The van der Waals surface area contributed by atoms with E-state index in [1.54, 1.807) is 20.0 Å². The topological polar surface area (TPSA) is 44.4 Å². The summed E-state index contributed by atoms with van der Waals surface area (Å²) in [6.45, 7) is 4.76. The van der Waals surface area contributed by atoms with E-state index < -0.39 is 0 Å². The molecule has 0 aliphatic carbocycles. The van der Waals surface area contributed by atoms with Gasteiger partial charge in [-0.2, -0.15) is 0 Å². The molecule has 0 radical (unpaired) electrons. The molecule has 1 aromatic rings. The Bertz CT molecular complexity index is 464. The molecule has 104 valence electrons. The Morgan fingerprint density at radius 3 is 3.05 bits per heavy atom. The molecule has 4 nitrogen and oxygen atoms in total. The molecule has 1 aliphatic rings. The van der Waals surface area contributed by atoms with Crippen molar-refractivity contribution in [3.63, 3.8) is 0 Å². The third-order valence-corrected chi connectivity index (χ3v) is 3.51. The highest BCUT2D eigenvalue weighted by Crippen LogP contribution is 2.14. The number of carbonyl (C=O) groups is 1. The summed E-state index contributed by atoms with van der Waals surface area (Å²) in [5.41, 5.74) is 1.68. The van der Waals surface area contributed by atoms with E-state index >= 15 is 0 Å². The fourth-order valence-corrected chi connectivity index (χ4v) is 2.40. The van der Waals surface area contributed by atoms with Crippen molar-refractivity contribution < 1.29 is 9.18 Å². The Kier molecular flexibility index (Phi) is 4.50. The van der Waals surface area contributed by atoms with Crippen molar-refractivity contribution >= 4 is 5.91 Å². The van der Waals surface area contributed by atoms with Crippen molar-refractivity contribution in [3.8, 4) is 0 Å². The molecule has 1 atom stereocenters. The molecule has 0 spiro atoms. The van der Waals surface area contributed by atoms with E-state index in [-0.39, 0.29) is 17.8 Å². The van der Waals surface area contributed by atoms with Crippen molar-refractivity contribution in [1.82, 2.24) is 15.5 Å². The highest BCUT2D eigenvalue weighted by molar-refractivity contribution is 5.81. The molecule has 0 aromatic heterocycles. The molecule has 2 rings (SSSR count). The fourth-order valence-electron chi connectivity index (χ4n) is 2.40. The molecular weight excluding hydrogens is 245 g/mol. The molecule has 1 aliphatic heterocycles. The van der Waals surface area contributed by atoms with Crippen LogP contribution in [0.25, 0.3) is 0 Å². The predicted molar refractivity (Wildman–Crippen MR) is 72.3 cm³/mol. The van der Waals surface area contributed by atoms with Crippen molar-refractivity contribution in [2.45, 2.75) is 19.5 Å². The maximum absolute atomic E-state index is 13.2. The fraction of sp³-hybridized carbons (Fsp3) is 0.500. The van der Waals surface area contributed by atoms with Crippen LogP contribution in [0.15, 0.2) is 18.2 Å². The normalized spacial score (nSPS) is 20.3. The lowest BCUT2D eigenvalue weighted by molar-refractivity contribution is -0.126. The van der Waals surface area contributed by atoms with Crippen LogP contribution in [0.1, 0.15) is 11.1 Å². The first-order chi connectivity index (χ1) is 9.11. The molecule has 1 saturated heterocycles. The number of nitrogens with zero attached hydrogens (tertiary/aromatic N) is 1. The number of piperazine rings is 1. The van der Waals surface area contributed by atoms with E-state index in [1.165, 1.54) is 6.07 Å². The maximum atomic E-state index is 13.2. The zero-order valence-electron chi connectivity index (χ0n) is 11.4. The number of aryl methyl sites for hydroxylation is 1. The Labute approximate surface area is 113 Å². The van der Waals surface area contributed by atoms with Crippen LogP contribution in [0.4, 0.5) is 4.39 Å². The largest absolute Gasteiger partial charge is 0.358 e. The number of rotatable bonds is 3. The number of nitrogens with one attached hydrogen (secondary N) is 2. The Morgan fingerprint density at radius 2 is 2.37 bits per heavy atom. The van der Waals surface area contributed by atoms with E-state index in [9.17, 15) is 9.18 Å². The molecule has 1 fully saturated rings.